The monoisotopic (exact) mass is 289 g/mol. The van der Waals surface area contributed by atoms with Crippen LogP contribution in [0.2, 0.25) is 0 Å². The van der Waals surface area contributed by atoms with Crippen molar-refractivity contribution < 1.29 is 4.79 Å². The fourth-order valence-corrected chi connectivity index (χ4v) is 3.07. The van der Waals surface area contributed by atoms with Gasteiger partial charge < -0.3 is 10.6 Å². The molecule has 2 N–H and O–H groups in total. The minimum absolute atomic E-state index is 0.0140. The molecular formula is C17H27N3O. The number of aromatic nitrogens is 1. The van der Waals surface area contributed by atoms with Crippen molar-refractivity contribution in [1.82, 2.24) is 10.3 Å². The van der Waals surface area contributed by atoms with Gasteiger partial charge in [-0.25, -0.2) is 0 Å². The molecular weight excluding hydrogens is 262 g/mol. The van der Waals surface area contributed by atoms with E-state index in [0.29, 0.717) is 11.5 Å². The van der Waals surface area contributed by atoms with Crippen LogP contribution in [0.1, 0.15) is 56.3 Å². The van der Waals surface area contributed by atoms with Crippen molar-refractivity contribution in [1.29, 1.82) is 0 Å². The van der Waals surface area contributed by atoms with Gasteiger partial charge in [0.05, 0.1) is 11.3 Å². The van der Waals surface area contributed by atoms with E-state index in [9.17, 15) is 4.79 Å². The molecule has 0 aliphatic heterocycles. The number of nitrogens with zero attached hydrogens (tertiary/aromatic N) is 1. The summed E-state index contributed by atoms with van der Waals surface area (Å²) in [5.41, 5.74) is 1.52. The second-order valence-corrected chi connectivity index (χ2v) is 6.20. The topological polar surface area (TPSA) is 54.0 Å². The second kappa shape index (κ2) is 8.01. The number of rotatable bonds is 6. The summed E-state index contributed by atoms with van der Waals surface area (Å²) in [6.07, 6.45) is 9.49. The number of carbonyl (C=O) groups excluding carboxylic acids is 1. The zero-order valence-electron chi connectivity index (χ0n) is 13.2. The van der Waals surface area contributed by atoms with Gasteiger partial charge >= 0.3 is 0 Å². The van der Waals surface area contributed by atoms with Crippen molar-refractivity contribution in [2.45, 2.75) is 46.0 Å². The van der Waals surface area contributed by atoms with Crippen LogP contribution in [0.5, 0.6) is 0 Å². The SMILES string of the molecule is CCCNc1ccncc1C(=O)NCC1CCCC(C)C1. The molecule has 1 aromatic heterocycles. The summed E-state index contributed by atoms with van der Waals surface area (Å²) in [5.74, 6) is 1.40. The maximum atomic E-state index is 12.4. The van der Waals surface area contributed by atoms with E-state index in [2.05, 4.69) is 29.5 Å². The van der Waals surface area contributed by atoms with Gasteiger partial charge in [-0.2, -0.15) is 0 Å². The normalized spacial score (nSPS) is 21.8. The van der Waals surface area contributed by atoms with Gasteiger partial charge in [-0.05, 0) is 37.2 Å². The second-order valence-electron chi connectivity index (χ2n) is 6.20. The van der Waals surface area contributed by atoms with Gasteiger partial charge in [0.2, 0.25) is 0 Å². The Morgan fingerprint density at radius 1 is 1.43 bits per heavy atom. The van der Waals surface area contributed by atoms with Crippen LogP contribution in [0.4, 0.5) is 5.69 Å². The van der Waals surface area contributed by atoms with Crippen molar-refractivity contribution in [2.75, 3.05) is 18.4 Å². The lowest BCUT2D eigenvalue weighted by Gasteiger charge is -2.26. The summed E-state index contributed by atoms with van der Waals surface area (Å²) >= 11 is 0. The van der Waals surface area contributed by atoms with Gasteiger partial charge in [0.15, 0.2) is 0 Å². The van der Waals surface area contributed by atoms with E-state index in [1.807, 2.05) is 6.07 Å². The van der Waals surface area contributed by atoms with Crippen molar-refractivity contribution in [3.63, 3.8) is 0 Å². The molecule has 4 nitrogen and oxygen atoms in total. The van der Waals surface area contributed by atoms with Crippen LogP contribution in [-0.4, -0.2) is 24.0 Å². The molecule has 1 saturated carbocycles. The Morgan fingerprint density at radius 3 is 3.05 bits per heavy atom. The molecule has 1 aromatic rings. The minimum Gasteiger partial charge on any atom is -0.384 e. The van der Waals surface area contributed by atoms with Gasteiger partial charge in [-0.15, -0.1) is 0 Å². The lowest BCUT2D eigenvalue weighted by atomic mass is 9.82. The van der Waals surface area contributed by atoms with Crippen LogP contribution in [0.25, 0.3) is 0 Å². The minimum atomic E-state index is -0.0140. The smallest absolute Gasteiger partial charge is 0.254 e. The summed E-state index contributed by atoms with van der Waals surface area (Å²) in [5, 5.41) is 6.38. The lowest BCUT2D eigenvalue weighted by Crippen LogP contribution is -2.32. The predicted octanol–water partition coefficient (Wildman–Crippen LogP) is 3.46. The van der Waals surface area contributed by atoms with E-state index in [0.717, 1.165) is 31.1 Å². The first-order valence-electron chi connectivity index (χ1n) is 8.16. The first-order valence-corrected chi connectivity index (χ1v) is 8.16. The molecule has 1 heterocycles. The van der Waals surface area contributed by atoms with Crippen LogP contribution in [0.15, 0.2) is 18.5 Å². The molecule has 0 aromatic carbocycles. The lowest BCUT2D eigenvalue weighted by molar-refractivity contribution is 0.0941. The highest BCUT2D eigenvalue weighted by molar-refractivity contribution is 5.99. The molecule has 2 atom stereocenters. The molecule has 0 spiro atoms. The maximum Gasteiger partial charge on any atom is 0.254 e. The Balaban J connectivity index is 1.90. The van der Waals surface area contributed by atoms with E-state index in [-0.39, 0.29) is 5.91 Å². The summed E-state index contributed by atoms with van der Waals surface area (Å²) in [6.45, 7) is 6.07. The number of carbonyl (C=O) groups is 1. The van der Waals surface area contributed by atoms with Gasteiger partial charge in [0.25, 0.3) is 5.91 Å². The quantitative estimate of drug-likeness (QED) is 0.843. The van der Waals surface area contributed by atoms with Crippen molar-refractivity contribution in [3.05, 3.63) is 24.0 Å². The standard InChI is InChI=1S/C17H27N3O/c1-3-8-19-16-7-9-18-12-15(16)17(21)20-11-14-6-4-5-13(2)10-14/h7,9,12-14H,3-6,8,10-11H2,1-2H3,(H,18,19)(H,20,21). The number of anilines is 1. The highest BCUT2D eigenvalue weighted by Crippen LogP contribution is 2.28. The Labute approximate surface area is 127 Å². The molecule has 1 aliphatic carbocycles. The Morgan fingerprint density at radius 2 is 2.29 bits per heavy atom. The van der Waals surface area contributed by atoms with E-state index >= 15 is 0 Å². The van der Waals surface area contributed by atoms with E-state index in [1.165, 1.54) is 25.7 Å². The van der Waals surface area contributed by atoms with Crippen molar-refractivity contribution >= 4 is 11.6 Å². The molecule has 21 heavy (non-hydrogen) atoms. The van der Waals surface area contributed by atoms with Gasteiger partial charge in [0, 0.05) is 25.5 Å². The Kier molecular flexibility index (Phi) is 6.03. The van der Waals surface area contributed by atoms with Crippen molar-refractivity contribution in [2.24, 2.45) is 11.8 Å². The van der Waals surface area contributed by atoms with Crippen LogP contribution in [0.3, 0.4) is 0 Å². The molecule has 2 rings (SSSR count). The van der Waals surface area contributed by atoms with Gasteiger partial charge in [0.1, 0.15) is 0 Å². The fraction of sp³-hybridized carbons (Fsp3) is 0.647. The van der Waals surface area contributed by atoms with Crippen LogP contribution < -0.4 is 10.6 Å². The third kappa shape index (κ3) is 4.73. The maximum absolute atomic E-state index is 12.4. The number of amides is 1. The molecule has 0 saturated heterocycles. The number of pyridine rings is 1. The van der Waals surface area contributed by atoms with Crippen molar-refractivity contribution in [3.8, 4) is 0 Å². The summed E-state index contributed by atoms with van der Waals surface area (Å²) in [6, 6.07) is 1.87. The highest BCUT2D eigenvalue weighted by atomic mass is 16.1. The van der Waals surface area contributed by atoms with E-state index in [4.69, 9.17) is 0 Å². The van der Waals surface area contributed by atoms with E-state index < -0.39 is 0 Å². The summed E-state index contributed by atoms with van der Waals surface area (Å²) < 4.78 is 0. The van der Waals surface area contributed by atoms with Crippen LogP contribution in [-0.2, 0) is 0 Å². The van der Waals surface area contributed by atoms with Gasteiger partial charge in [-0.1, -0.05) is 26.7 Å². The Bertz CT molecular complexity index is 461. The van der Waals surface area contributed by atoms with Crippen LogP contribution in [0, 0.1) is 11.8 Å². The number of nitrogens with one attached hydrogen (secondary N) is 2. The molecule has 4 heteroatoms. The zero-order chi connectivity index (χ0) is 15.1. The Hall–Kier alpha value is -1.58. The third-order valence-electron chi connectivity index (χ3n) is 4.23. The molecule has 0 radical (unpaired) electrons. The zero-order valence-corrected chi connectivity index (χ0v) is 13.2. The molecule has 1 fully saturated rings. The predicted molar refractivity (Wildman–Crippen MR) is 86.5 cm³/mol. The average Bonchev–Trinajstić information content (AvgIpc) is 2.51. The molecule has 2 unspecified atom stereocenters. The van der Waals surface area contributed by atoms with E-state index in [1.54, 1.807) is 12.4 Å². The number of hydrogen-bond donors (Lipinski definition) is 2. The first kappa shape index (κ1) is 15.8. The summed E-state index contributed by atoms with van der Waals surface area (Å²) in [4.78, 5) is 16.4. The first-order chi connectivity index (χ1) is 10.2. The number of hydrogen-bond acceptors (Lipinski definition) is 3. The largest absolute Gasteiger partial charge is 0.384 e. The van der Waals surface area contributed by atoms with Crippen LogP contribution >= 0.6 is 0 Å². The average molecular weight is 289 g/mol. The third-order valence-corrected chi connectivity index (χ3v) is 4.23. The van der Waals surface area contributed by atoms with Gasteiger partial charge in [-0.3, -0.25) is 9.78 Å². The molecule has 1 amide bonds. The highest BCUT2D eigenvalue weighted by Gasteiger charge is 2.20. The fourth-order valence-electron chi connectivity index (χ4n) is 3.07. The molecule has 116 valence electrons. The molecule has 0 bridgehead atoms. The summed E-state index contributed by atoms with van der Waals surface area (Å²) in [7, 11) is 0. The molecule has 1 aliphatic rings.